The van der Waals surface area contributed by atoms with E-state index in [2.05, 4.69) is 48.1 Å². The van der Waals surface area contributed by atoms with Gasteiger partial charge in [0.05, 0.1) is 11.5 Å². The summed E-state index contributed by atoms with van der Waals surface area (Å²) in [4.78, 5) is 13.0. The minimum Gasteiger partial charge on any atom is -0.385 e. The first-order valence-electron chi connectivity index (χ1n) is 7.66. The van der Waals surface area contributed by atoms with E-state index in [-0.39, 0.29) is 5.78 Å². The van der Waals surface area contributed by atoms with Crippen LogP contribution in [0.1, 0.15) is 52.0 Å². The molecule has 0 saturated carbocycles. The van der Waals surface area contributed by atoms with Crippen LogP contribution in [-0.2, 0) is 6.54 Å². The largest absolute Gasteiger partial charge is 0.385 e. The lowest BCUT2D eigenvalue weighted by atomic mass is 9.79. The zero-order chi connectivity index (χ0) is 14.6. The Morgan fingerprint density at radius 1 is 1.38 bits per heavy atom. The number of rotatable bonds is 2. The molecule has 3 nitrogen and oxygen atoms in total. The van der Waals surface area contributed by atoms with Crippen molar-refractivity contribution in [2.75, 3.05) is 11.9 Å². The molecule has 1 aromatic heterocycles. The smallest absolute Gasteiger partial charge is 0.201 e. The molecule has 1 N–H and O–H groups in total. The van der Waals surface area contributed by atoms with Gasteiger partial charge in [-0.2, -0.15) is 0 Å². The number of carbonyl (C=O) groups excluding carboxylic acids is 1. The number of ketones is 1. The number of hydrogen-bond acceptors (Lipinski definition) is 2. The molecule has 1 aromatic carbocycles. The minimum atomic E-state index is 0.173. The van der Waals surface area contributed by atoms with Crippen molar-refractivity contribution in [3.8, 4) is 0 Å². The van der Waals surface area contributed by atoms with Crippen molar-refractivity contribution in [2.45, 2.75) is 32.7 Å². The van der Waals surface area contributed by atoms with Crippen LogP contribution in [0, 0.1) is 6.92 Å². The average molecular weight is 279 g/mol. The summed E-state index contributed by atoms with van der Waals surface area (Å²) >= 11 is 0. The van der Waals surface area contributed by atoms with Gasteiger partial charge in [0.25, 0.3) is 0 Å². The van der Waals surface area contributed by atoms with Gasteiger partial charge in [0, 0.05) is 29.8 Å². The monoisotopic (exact) mass is 279 g/mol. The standard InChI is InChI=1S/C18H18N2O/c1-3-19-15-6-4-5-12-13-7-8-20-10-11(2)9-14(17(13)20)18(21)16(12)15/h4-6,9-10,13H,3,7-8H2,1-2H3/p+1. The molecule has 0 bridgehead atoms. The van der Waals surface area contributed by atoms with E-state index < -0.39 is 0 Å². The molecule has 4 rings (SSSR count). The Kier molecular flexibility index (Phi) is 2.64. The fourth-order valence-electron chi connectivity index (χ4n) is 3.86. The molecule has 0 amide bonds. The van der Waals surface area contributed by atoms with Crippen molar-refractivity contribution in [2.24, 2.45) is 0 Å². The maximum absolute atomic E-state index is 13.0. The van der Waals surface area contributed by atoms with Gasteiger partial charge in [0.1, 0.15) is 6.54 Å². The highest BCUT2D eigenvalue weighted by Gasteiger charge is 2.43. The number of hydrogen-bond donors (Lipinski definition) is 1. The highest BCUT2D eigenvalue weighted by molar-refractivity contribution is 6.15. The van der Waals surface area contributed by atoms with Crippen LogP contribution in [0.3, 0.4) is 0 Å². The lowest BCUT2D eigenvalue weighted by Crippen LogP contribution is -2.37. The normalized spacial score (nSPS) is 18.4. The number of pyridine rings is 1. The van der Waals surface area contributed by atoms with Gasteiger partial charge in [-0.1, -0.05) is 12.1 Å². The molecule has 2 aliphatic rings. The van der Waals surface area contributed by atoms with Gasteiger partial charge < -0.3 is 5.32 Å². The van der Waals surface area contributed by atoms with Crippen LogP contribution in [-0.4, -0.2) is 12.3 Å². The predicted molar refractivity (Wildman–Crippen MR) is 81.9 cm³/mol. The number of aromatic nitrogens is 1. The third-order valence-corrected chi connectivity index (χ3v) is 4.62. The van der Waals surface area contributed by atoms with Crippen LogP contribution >= 0.6 is 0 Å². The van der Waals surface area contributed by atoms with Crippen LogP contribution in [0.5, 0.6) is 0 Å². The van der Waals surface area contributed by atoms with E-state index in [1.54, 1.807) is 0 Å². The molecule has 106 valence electrons. The third-order valence-electron chi connectivity index (χ3n) is 4.62. The number of nitrogens with one attached hydrogen (secondary N) is 1. The third kappa shape index (κ3) is 1.67. The van der Waals surface area contributed by atoms with E-state index >= 15 is 0 Å². The summed E-state index contributed by atoms with van der Waals surface area (Å²) in [6.07, 6.45) is 3.26. The lowest BCUT2D eigenvalue weighted by molar-refractivity contribution is -0.691. The van der Waals surface area contributed by atoms with Crippen LogP contribution < -0.4 is 9.88 Å². The maximum atomic E-state index is 13.0. The molecular weight excluding hydrogens is 260 g/mol. The van der Waals surface area contributed by atoms with E-state index in [0.29, 0.717) is 5.92 Å². The zero-order valence-corrected chi connectivity index (χ0v) is 12.4. The summed E-state index contributed by atoms with van der Waals surface area (Å²) in [7, 11) is 0. The average Bonchev–Trinajstić information content (AvgIpc) is 2.89. The van der Waals surface area contributed by atoms with E-state index in [1.807, 2.05) is 6.07 Å². The maximum Gasteiger partial charge on any atom is 0.201 e. The summed E-state index contributed by atoms with van der Waals surface area (Å²) in [6, 6.07) is 8.26. The summed E-state index contributed by atoms with van der Waals surface area (Å²) in [5.74, 6) is 0.541. The first-order chi connectivity index (χ1) is 10.2. The number of nitrogens with zero attached hydrogens (tertiary/aromatic N) is 1. The van der Waals surface area contributed by atoms with Crippen LogP contribution in [0.25, 0.3) is 0 Å². The number of aryl methyl sites for hydroxylation is 2. The number of carbonyl (C=O) groups is 1. The number of benzene rings is 1. The molecule has 0 saturated heterocycles. The van der Waals surface area contributed by atoms with Crippen molar-refractivity contribution < 1.29 is 9.36 Å². The molecule has 2 aromatic rings. The van der Waals surface area contributed by atoms with E-state index in [9.17, 15) is 4.79 Å². The fraction of sp³-hybridized carbons (Fsp3) is 0.333. The summed E-state index contributed by atoms with van der Waals surface area (Å²) in [5, 5.41) is 3.35. The van der Waals surface area contributed by atoms with Crippen LogP contribution in [0.2, 0.25) is 0 Å². The molecular formula is C18H19N2O+. The second-order valence-electron chi connectivity index (χ2n) is 5.98. The molecule has 1 aliphatic heterocycles. The summed E-state index contributed by atoms with van der Waals surface area (Å²) in [6.45, 7) is 5.96. The van der Waals surface area contributed by atoms with Gasteiger partial charge in [-0.15, -0.1) is 0 Å². The molecule has 21 heavy (non-hydrogen) atoms. The molecule has 0 radical (unpaired) electrons. The van der Waals surface area contributed by atoms with Gasteiger partial charge in [-0.3, -0.25) is 4.79 Å². The van der Waals surface area contributed by atoms with Crippen molar-refractivity contribution >= 4 is 11.5 Å². The first-order valence-corrected chi connectivity index (χ1v) is 7.66. The fourth-order valence-corrected chi connectivity index (χ4v) is 3.86. The number of fused-ring (bicyclic) bond motifs is 2. The Balaban J connectivity index is 2.00. The lowest BCUT2D eigenvalue weighted by Gasteiger charge is -2.22. The first kappa shape index (κ1) is 12.6. The van der Waals surface area contributed by atoms with Gasteiger partial charge >= 0.3 is 0 Å². The predicted octanol–water partition coefficient (Wildman–Crippen LogP) is 2.79. The van der Waals surface area contributed by atoms with Gasteiger partial charge in [0.15, 0.2) is 11.9 Å². The minimum absolute atomic E-state index is 0.173. The van der Waals surface area contributed by atoms with Gasteiger partial charge in [-0.05, 0) is 31.5 Å². The van der Waals surface area contributed by atoms with Crippen molar-refractivity contribution in [1.82, 2.24) is 0 Å². The summed E-state index contributed by atoms with van der Waals surface area (Å²) < 4.78 is 2.27. The Morgan fingerprint density at radius 2 is 2.24 bits per heavy atom. The number of anilines is 1. The molecule has 0 spiro atoms. The van der Waals surface area contributed by atoms with Crippen molar-refractivity contribution in [3.05, 3.63) is 58.4 Å². The highest BCUT2D eigenvalue weighted by atomic mass is 16.1. The van der Waals surface area contributed by atoms with E-state index in [0.717, 1.165) is 41.9 Å². The molecule has 0 fully saturated rings. The molecule has 1 unspecified atom stereocenters. The second-order valence-corrected chi connectivity index (χ2v) is 5.98. The van der Waals surface area contributed by atoms with Gasteiger partial charge in [-0.25, -0.2) is 4.57 Å². The van der Waals surface area contributed by atoms with Gasteiger partial charge in [0.2, 0.25) is 5.78 Å². The molecule has 1 atom stereocenters. The van der Waals surface area contributed by atoms with E-state index in [4.69, 9.17) is 0 Å². The van der Waals surface area contributed by atoms with Crippen molar-refractivity contribution in [3.63, 3.8) is 0 Å². The molecule has 3 heteroatoms. The molecule has 2 heterocycles. The summed E-state index contributed by atoms with van der Waals surface area (Å²) in [5.41, 5.74) is 6.33. The van der Waals surface area contributed by atoms with Crippen molar-refractivity contribution in [1.29, 1.82) is 0 Å². The SMILES string of the molecule is CCNc1cccc2c1C(=O)c1cc(C)c[n+]3c1C2CC3. The van der Waals surface area contributed by atoms with Crippen LogP contribution in [0.4, 0.5) is 5.69 Å². The Hall–Kier alpha value is -2.16. The highest BCUT2D eigenvalue weighted by Crippen LogP contribution is 2.42. The van der Waals surface area contributed by atoms with Crippen LogP contribution in [0.15, 0.2) is 30.5 Å². The van der Waals surface area contributed by atoms with E-state index in [1.165, 1.54) is 11.3 Å². The quantitative estimate of drug-likeness (QED) is 0.858. The topological polar surface area (TPSA) is 33.0 Å². The second kappa shape index (κ2) is 4.42. The zero-order valence-electron chi connectivity index (χ0n) is 12.4. The Labute approximate surface area is 124 Å². The Morgan fingerprint density at radius 3 is 3.05 bits per heavy atom. The Bertz CT molecular complexity index is 764. The molecule has 1 aliphatic carbocycles.